The van der Waals surface area contributed by atoms with Crippen molar-refractivity contribution in [3.8, 4) is 6.07 Å². The molecule has 0 bridgehead atoms. The Morgan fingerprint density at radius 1 is 1.05 bits per heavy atom. The summed E-state index contributed by atoms with van der Waals surface area (Å²) in [6, 6.07) is 17.8. The number of rotatable bonds is 2. The third-order valence-corrected chi connectivity index (χ3v) is 3.30. The fourth-order valence-electron chi connectivity index (χ4n) is 2.37. The zero-order chi connectivity index (χ0) is 13.2. The van der Waals surface area contributed by atoms with Gasteiger partial charge in [0, 0.05) is 18.1 Å². The van der Waals surface area contributed by atoms with Crippen LogP contribution in [0.15, 0.2) is 54.7 Å². The van der Waals surface area contributed by atoms with Gasteiger partial charge in [0.2, 0.25) is 0 Å². The second kappa shape index (κ2) is 4.51. The van der Waals surface area contributed by atoms with Gasteiger partial charge in [-0.05, 0) is 23.8 Å². The molecule has 0 saturated heterocycles. The number of hydrogen-bond acceptors (Lipinski definition) is 2. The molecule has 3 nitrogen and oxygen atoms in total. The molecule has 0 unspecified atom stereocenters. The van der Waals surface area contributed by atoms with Crippen LogP contribution < -0.4 is 5.73 Å². The zero-order valence-electron chi connectivity index (χ0n) is 10.4. The number of hydrogen-bond donors (Lipinski definition) is 1. The van der Waals surface area contributed by atoms with Crippen molar-refractivity contribution in [2.75, 3.05) is 5.73 Å². The Hall–Kier alpha value is -2.73. The lowest BCUT2D eigenvalue weighted by Gasteiger charge is -2.08. The van der Waals surface area contributed by atoms with Crippen molar-refractivity contribution in [2.24, 2.45) is 0 Å². The van der Waals surface area contributed by atoms with Crippen molar-refractivity contribution < 1.29 is 0 Å². The molecule has 0 radical (unpaired) electrons. The number of nitriles is 1. The second-order valence-corrected chi connectivity index (χ2v) is 4.50. The molecule has 0 aliphatic carbocycles. The molecular weight excluding hydrogens is 234 g/mol. The molecule has 92 valence electrons. The maximum Gasteiger partial charge on any atom is 0.0995 e. The maximum atomic E-state index is 9.13. The van der Waals surface area contributed by atoms with Crippen LogP contribution in [-0.4, -0.2) is 4.57 Å². The summed E-state index contributed by atoms with van der Waals surface area (Å²) >= 11 is 0. The van der Waals surface area contributed by atoms with Crippen molar-refractivity contribution in [1.82, 2.24) is 4.57 Å². The van der Waals surface area contributed by atoms with E-state index in [9.17, 15) is 0 Å². The molecule has 0 atom stereocenters. The number of nitrogens with zero attached hydrogens (tertiary/aromatic N) is 2. The smallest absolute Gasteiger partial charge is 0.0995 e. The highest BCUT2D eigenvalue weighted by Crippen LogP contribution is 2.23. The lowest BCUT2D eigenvalue weighted by atomic mass is 10.1. The van der Waals surface area contributed by atoms with Gasteiger partial charge in [0.05, 0.1) is 22.8 Å². The molecule has 19 heavy (non-hydrogen) atoms. The molecule has 1 heterocycles. The summed E-state index contributed by atoms with van der Waals surface area (Å²) < 4.78 is 2.08. The number of anilines is 1. The fraction of sp³-hybridized carbons (Fsp3) is 0.0625. The lowest BCUT2D eigenvalue weighted by molar-refractivity contribution is 0.835. The van der Waals surface area contributed by atoms with E-state index in [4.69, 9.17) is 11.0 Å². The summed E-state index contributed by atoms with van der Waals surface area (Å²) in [5.74, 6) is 0. The first-order valence-electron chi connectivity index (χ1n) is 6.11. The molecule has 1 aromatic heterocycles. The average Bonchev–Trinajstić information content (AvgIpc) is 2.84. The standard InChI is InChI=1S/C16H13N3/c17-10-13-4-1-2-5-14(13)11-19-9-8-12-6-3-7-15(18)16(12)19/h1-9H,11,18H2. The second-order valence-electron chi connectivity index (χ2n) is 4.50. The van der Waals surface area contributed by atoms with E-state index in [0.717, 1.165) is 22.2 Å². The Kier molecular flexibility index (Phi) is 2.70. The van der Waals surface area contributed by atoms with Crippen molar-refractivity contribution in [2.45, 2.75) is 6.54 Å². The highest BCUT2D eigenvalue weighted by atomic mass is 15.0. The number of nitrogens with two attached hydrogens (primary N) is 1. The number of aromatic nitrogens is 1. The summed E-state index contributed by atoms with van der Waals surface area (Å²) in [5.41, 5.74) is 9.54. The van der Waals surface area contributed by atoms with E-state index in [-0.39, 0.29) is 0 Å². The van der Waals surface area contributed by atoms with Crippen LogP contribution in [-0.2, 0) is 6.54 Å². The molecule has 0 spiro atoms. The topological polar surface area (TPSA) is 54.7 Å². The average molecular weight is 247 g/mol. The van der Waals surface area contributed by atoms with Crippen molar-refractivity contribution in [3.05, 3.63) is 65.9 Å². The maximum absolute atomic E-state index is 9.13. The Labute approximate surface area is 111 Å². The third kappa shape index (κ3) is 1.94. The molecule has 2 N–H and O–H groups in total. The van der Waals surface area contributed by atoms with E-state index in [1.54, 1.807) is 0 Å². The molecule has 2 aromatic carbocycles. The van der Waals surface area contributed by atoms with Gasteiger partial charge in [0.1, 0.15) is 0 Å². The Balaban J connectivity index is 2.09. The first-order chi connectivity index (χ1) is 9.29. The van der Waals surface area contributed by atoms with Gasteiger partial charge in [-0.15, -0.1) is 0 Å². The molecule has 0 amide bonds. The summed E-state index contributed by atoms with van der Waals surface area (Å²) in [7, 11) is 0. The molecule has 3 aromatic rings. The molecule has 3 rings (SSSR count). The Bertz CT molecular complexity index is 778. The van der Waals surface area contributed by atoms with Gasteiger partial charge >= 0.3 is 0 Å². The van der Waals surface area contributed by atoms with Crippen molar-refractivity contribution in [1.29, 1.82) is 5.26 Å². The van der Waals surface area contributed by atoms with Gasteiger partial charge in [-0.25, -0.2) is 0 Å². The Morgan fingerprint density at radius 3 is 2.74 bits per heavy atom. The Morgan fingerprint density at radius 2 is 1.89 bits per heavy atom. The van der Waals surface area contributed by atoms with Gasteiger partial charge in [-0.2, -0.15) is 5.26 Å². The predicted octanol–water partition coefficient (Wildman–Crippen LogP) is 3.14. The highest BCUT2D eigenvalue weighted by Gasteiger charge is 2.07. The van der Waals surface area contributed by atoms with Gasteiger partial charge in [0.25, 0.3) is 0 Å². The van der Waals surface area contributed by atoms with Gasteiger partial charge in [-0.1, -0.05) is 30.3 Å². The van der Waals surface area contributed by atoms with Crippen molar-refractivity contribution in [3.63, 3.8) is 0 Å². The number of para-hydroxylation sites is 1. The van der Waals surface area contributed by atoms with Crippen LogP contribution in [0.5, 0.6) is 0 Å². The van der Waals surface area contributed by atoms with Gasteiger partial charge < -0.3 is 10.3 Å². The van der Waals surface area contributed by atoms with Crippen LogP contribution in [0.3, 0.4) is 0 Å². The quantitative estimate of drug-likeness (QED) is 0.707. The summed E-state index contributed by atoms with van der Waals surface area (Å²) in [6.45, 7) is 0.654. The summed E-state index contributed by atoms with van der Waals surface area (Å²) in [5, 5.41) is 10.3. The monoisotopic (exact) mass is 247 g/mol. The minimum Gasteiger partial charge on any atom is -0.397 e. The van der Waals surface area contributed by atoms with E-state index in [1.165, 1.54) is 0 Å². The van der Waals surface area contributed by atoms with Gasteiger partial charge in [-0.3, -0.25) is 0 Å². The molecule has 0 saturated carbocycles. The fourth-order valence-corrected chi connectivity index (χ4v) is 2.37. The highest BCUT2D eigenvalue weighted by molar-refractivity contribution is 5.90. The number of fused-ring (bicyclic) bond motifs is 1. The van der Waals surface area contributed by atoms with Crippen LogP contribution in [0.1, 0.15) is 11.1 Å². The largest absolute Gasteiger partial charge is 0.397 e. The van der Waals surface area contributed by atoms with E-state index in [0.29, 0.717) is 12.1 Å². The summed E-state index contributed by atoms with van der Waals surface area (Å²) in [4.78, 5) is 0. The molecule has 0 aliphatic rings. The summed E-state index contributed by atoms with van der Waals surface area (Å²) in [6.07, 6.45) is 2.01. The zero-order valence-corrected chi connectivity index (χ0v) is 10.4. The van der Waals surface area contributed by atoms with E-state index in [2.05, 4.69) is 10.6 Å². The minimum atomic E-state index is 0.654. The van der Waals surface area contributed by atoms with Crippen LogP contribution in [0.2, 0.25) is 0 Å². The van der Waals surface area contributed by atoms with E-state index < -0.39 is 0 Å². The molecule has 0 fully saturated rings. The first-order valence-corrected chi connectivity index (χ1v) is 6.11. The van der Waals surface area contributed by atoms with Crippen LogP contribution >= 0.6 is 0 Å². The van der Waals surface area contributed by atoms with E-state index in [1.807, 2.05) is 54.7 Å². The van der Waals surface area contributed by atoms with Crippen LogP contribution in [0.25, 0.3) is 10.9 Å². The third-order valence-electron chi connectivity index (χ3n) is 3.30. The number of benzene rings is 2. The molecule has 3 heteroatoms. The van der Waals surface area contributed by atoms with Crippen LogP contribution in [0.4, 0.5) is 5.69 Å². The minimum absolute atomic E-state index is 0.654. The molecular formula is C16H13N3. The normalized spacial score (nSPS) is 10.5. The SMILES string of the molecule is N#Cc1ccccc1Cn1ccc2cccc(N)c21. The lowest BCUT2D eigenvalue weighted by Crippen LogP contribution is -2.02. The van der Waals surface area contributed by atoms with Gasteiger partial charge in [0.15, 0.2) is 0 Å². The van der Waals surface area contributed by atoms with Crippen molar-refractivity contribution >= 4 is 16.6 Å². The first kappa shape index (κ1) is 11.4. The number of nitrogen functional groups attached to an aromatic ring is 1. The van der Waals surface area contributed by atoms with Crippen LogP contribution in [0, 0.1) is 11.3 Å². The molecule has 0 aliphatic heterocycles. The van der Waals surface area contributed by atoms with E-state index >= 15 is 0 Å². The predicted molar refractivity (Wildman–Crippen MR) is 76.6 cm³/mol.